The molecular weight excluding hydrogens is 228 g/mol. The largest absolute Gasteiger partial charge is 0.494 e. The molecule has 1 rings (SSSR count). The van der Waals surface area contributed by atoms with Gasteiger partial charge in [0, 0.05) is 12.6 Å². The SMILES string of the molecule is CC(CO)N(C)CCCOc1ccc(C#N)cc1. The first kappa shape index (κ1) is 14.5. The highest BCUT2D eigenvalue weighted by molar-refractivity contribution is 5.34. The van der Waals surface area contributed by atoms with Crippen LogP contribution in [-0.4, -0.2) is 42.9 Å². The Hall–Kier alpha value is -1.57. The van der Waals surface area contributed by atoms with E-state index < -0.39 is 0 Å². The third-order valence-corrected chi connectivity index (χ3v) is 2.92. The van der Waals surface area contributed by atoms with Gasteiger partial charge in [-0.05, 0) is 44.7 Å². The van der Waals surface area contributed by atoms with Gasteiger partial charge in [0.25, 0.3) is 0 Å². The average molecular weight is 248 g/mol. The molecule has 1 atom stereocenters. The predicted molar refractivity (Wildman–Crippen MR) is 70.4 cm³/mol. The molecule has 1 aromatic carbocycles. The van der Waals surface area contributed by atoms with Gasteiger partial charge in [0.05, 0.1) is 24.8 Å². The van der Waals surface area contributed by atoms with Gasteiger partial charge in [-0.1, -0.05) is 0 Å². The van der Waals surface area contributed by atoms with Crippen molar-refractivity contribution < 1.29 is 9.84 Å². The van der Waals surface area contributed by atoms with Gasteiger partial charge in [-0.25, -0.2) is 0 Å². The summed E-state index contributed by atoms with van der Waals surface area (Å²) in [6.45, 7) is 3.68. The van der Waals surface area contributed by atoms with Gasteiger partial charge in [0.1, 0.15) is 5.75 Å². The Morgan fingerprint density at radius 2 is 2.06 bits per heavy atom. The third-order valence-electron chi connectivity index (χ3n) is 2.92. The normalized spacial score (nSPS) is 12.2. The second kappa shape index (κ2) is 7.70. The van der Waals surface area contributed by atoms with Crippen LogP contribution in [0.25, 0.3) is 0 Å². The number of benzene rings is 1. The number of ether oxygens (including phenoxy) is 1. The van der Waals surface area contributed by atoms with Crippen molar-refractivity contribution in [3.8, 4) is 11.8 Å². The molecule has 0 aromatic heterocycles. The van der Waals surface area contributed by atoms with Crippen molar-refractivity contribution in [2.45, 2.75) is 19.4 Å². The van der Waals surface area contributed by atoms with Crippen LogP contribution in [-0.2, 0) is 0 Å². The minimum absolute atomic E-state index is 0.174. The van der Waals surface area contributed by atoms with E-state index in [1.807, 2.05) is 14.0 Å². The molecule has 0 heterocycles. The fourth-order valence-electron chi connectivity index (χ4n) is 1.49. The summed E-state index contributed by atoms with van der Waals surface area (Å²) in [5.74, 6) is 0.784. The van der Waals surface area contributed by atoms with Crippen LogP contribution in [0.5, 0.6) is 5.75 Å². The van der Waals surface area contributed by atoms with Crippen molar-refractivity contribution in [1.29, 1.82) is 5.26 Å². The fraction of sp³-hybridized carbons (Fsp3) is 0.500. The van der Waals surface area contributed by atoms with Crippen molar-refractivity contribution in [3.05, 3.63) is 29.8 Å². The molecule has 4 nitrogen and oxygen atoms in total. The maximum absolute atomic E-state index is 8.99. The monoisotopic (exact) mass is 248 g/mol. The van der Waals surface area contributed by atoms with Gasteiger partial charge in [0.2, 0.25) is 0 Å². The zero-order valence-corrected chi connectivity index (χ0v) is 11.0. The summed E-state index contributed by atoms with van der Waals surface area (Å²) in [6.07, 6.45) is 0.904. The third kappa shape index (κ3) is 4.74. The second-order valence-electron chi connectivity index (χ2n) is 4.35. The number of likely N-dealkylation sites (N-methyl/N-ethyl adjacent to an activating group) is 1. The van der Waals surface area contributed by atoms with E-state index in [0.717, 1.165) is 18.7 Å². The Kier molecular flexibility index (Phi) is 6.20. The van der Waals surface area contributed by atoms with Gasteiger partial charge in [-0.3, -0.25) is 0 Å². The van der Waals surface area contributed by atoms with Crippen LogP contribution in [0, 0.1) is 11.3 Å². The van der Waals surface area contributed by atoms with E-state index in [0.29, 0.717) is 12.2 Å². The lowest BCUT2D eigenvalue weighted by atomic mass is 10.2. The molecule has 98 valence electrons. The summed E-state index contributed by atoms with van der Waals surface area (Å²) in [5.41, 5.74) is 0.638. The van der Waals surface area contributed by atoms with Crippen LogP contribution in [0.2, 0.25) is 0 Å². The van der Waals surface area contributed by atoms with E-state index in [4.69, 9.17) is 15.1 Å². The zero-order valence-electron chi connectivity index (χ0n) is 11.0. The summed E-state index contributed by atoms with van der Waals surface area (Å²) >= 11 is 0. The molecule has 0 aliphatic rings. The molecule has 18 heavy (non-hydrogen) atoms. The maximum atomic E-state index is 8.99. The Bertz CT molecular complexity index is 384. The lowest BCUT2D eigenvalue weighted by Gasteiger charge is -2.22. The molecule has 0 saturated carbocycles. The predicted octanol–water partition coefficient (Wildman–Crippen LogP) is 1.64. The number of hydrogen-bond donors (Lipinski definition) is 1. The van der Waals surface area contributed by atoms with E-state index in [9.17, 15) is 0 Å². The minimum Gasteiger partial charge on any atom is -0.494 e. The maximum Gasteiger partial charge on any atom is 0.119 e. The van der Waals surface area contributed by atoms with Crippen LogP contribution in [0.4, 0.5) is 0 Å². The highest BCUT2D eigenvalue weighted by Crippen LogP contribution is 2.11. The van der Waals surface area contributed by atoms with Crippen LogP contribution < -0.4 is 4.74 Å². The molecule has 1 N–H and O–H groups in total. The fourth-order valence-corrected chi connectivity index (χ4v) is 1.49. The first-order chi connectivity index (χ1) is 8.67. The highest BCUT2D eigenvalue weighted by atomic mass is 16.5. The van der Waals surface area contributed by atoms with Crippen LogP contribution in [0.3, 0.4) is 0 Å². The second-order valence-corrected chi connectivity index (χ2v) is 4.35. The Balaban J connectivity index is 2.23. The zero-order chi connectivity index (χ0) is 13.4. The molecule has 0 radical (unpaired) electrons. The molecule has 0 fully saturated rings. The van der Waals surface area contributed by atoms with E-state index >= 15 is 0 Å². The van der Waals surface area contributed by atoms with Crippen molar-refractivity contribution in [3.63, 3.8) is 0 Å². The van der Waals surface area contributed by atoms with Crippen molar-refractivity contribution in [2.75, 3.05) is 26.8 Å². The van der Waals surface area contributed by atoms with Crippen molar-refractivity contribution in [1.82, 2.24) is 4.90 Å². The quantitative estimate of drug-likeness (QED) is 0.745. The molecule has 0 aliphatic carbocycles. The van der Waals surface area contributed by atoms with E-state index in [-0.39, 0.29) is 12.6 Å². The molecule has 0 amide bonds. The van der Waals surface area contributed by atoms with E-state index in [2.05, 4.69) is 11.0 Å². The summed E-state index contributed by atoms with van der Waals surface area (Å²) in [4.78, 5) is 2.10. The minimum atomic E-state index is 0.174. The van der Waals surface area contributed by atoms with Crippen molar-refractivity contribution >= 4 is 0 Å². The molecule has 1 aromatic rings. The molecule has 1 unspecified atom stereocenters. The number of hydrogen-bond acceptors (Lipinski definition) is 4. The van der Waals surface area contributed by atoms with Gasteiger partial charge >= 0.3 is 0 Å². The van der Waals surface area contributed by atoms with Gasteiger partial charge < -0.3 is 14.7 Å². The smallest absolute Gasteiger partial charge is 0.119 e. The highest BCUT2D eigenvalue weighted by Gasteiger charge is 2.06. The summed E-state index contributed by atoms with van der Waals surface area (Å²) in [6, 6.07) is 9.35. The first-order valence-electron chi connectivity index (χ1n) is 6.11. The van der Waals surface area contributed by atoms with Crippen molar-refractivity contribution in [2.24, 2.45) is 0 Å². The van der Waals surface area contributed by atoms with Gasteiger partial charge in [-0.2, -0.15) is 5.26 Å². The van der Waals surface area contributed by atoms with Crippen LogP contribution in [0.15, 0.2) is 24.3 Å². The number of nitrogens with zero attached hydrogens (tertiary/aromatic N) is 2. The van der Waals surface area contributed by atoms with E-state index in [1.54, 1.807) is 24.3 Å². The van der Waals surface area contributed by atoms with Gasteiger partial charge in [0.15, 0.2) is 0 Å². The number of nitriles is 1. The summed E-state index contributed by atoms with van der Waals surface area (Å²) in [5, 5.41) is 17.7. The Labute approximate surface area is 108 Å². The summed E-state index contributed by atoms with van der Waals surface area (Å²) in [7, 11) is 1.99. The standard InChI is InChI=1S/C14H20N2O2/c1-12(11-17)16(2)8-3-9-18-14-6-4-13(10-15)5-7-14/h4-7,12,17H,3,8-9,11H2,1-2H3. The van der Waals surface area contributed by atoms with Gasteiger partial charge in [-0.15, -0.1) is 0 Å². The average Bonchev–Trinajstić information content (AvgIpc) is 2.43. The molecule has 0 spiro atoms. The lowest BCUT2D eigenvalue weighted by Crippen LogP contribution is -2.33. The number of rotatable bonds is 7. The Morgan fingerprint density at radius 1 is 1.39 bits per heavy atom. The lowest BCUT2D eigenvalue weighted by molar-refractivity contribution is 0.151. The molecule has 0 bridgehead atoms. The molecule has 0 aliphatic heterocycles. The molecule has 4 heteroatoms. The van der Waals surface area contributed by atoms with E-state index in [1.165, 1.54) is 0 Å². The van der Waals surface area contributed by atoms with Crippen LogP contribution in [0.1, 0.15) is 18.9 Å². The molecular formula is C14H20N2O2. The first-order valence-corrected chi connectivity index (χ1v) is 6.11. The summed E-state index contributed by atoms with van der Waals surface area (Å²) < 4.78 is 5.57. The Morgan fingerprint density at radius 3 is 2.61 bits per heavy atom. The number of aliphatic hydroxyl groups excluding tert-OH is 1. The van der Waals surface area contributed by atoms with Crippen LogP contribution >= 0.6 is 0 Å². The molecule has 0 saturated heterocycles. The number of aliphatic hydroxyl groups is 1. The topological polar surface area (TPSA) is 56.5 Å².